The van der Waals surface area contributed by atoms with Crippen molar-refractivity contribution < 1.29 is 9.66 Å². The second-order valence-corrected chi connectivity index (χ2v) is 5.24. The van der Waals surface area contributed by atoms with Gasteiger partial charge in [-0.3, -0.25) is 14.8 Å². The first-order chi connectivity index (χ1) is 11.6. The molecule has 1 heterocycles. The highest BCUT2D eigenvalue weighted by Crippen LogP contribution is 2.31. The van der Waals surface area contributed by atoms with Gasteiger partial charge in [0.2, 0.25) is 0 Å². The molecule has 0 saturated heterocycles. The Morgan fingerprint density at radius 1 is 1.17 bits per heavy atom. The Morgan fingerprint density at radius 2 is 1.83 bits per heavy atom. The number of aromatic nitrogens is 2. The topological polar surface area (TPSA) is 96.2 Å². The summed E-state index contributed by atoms with van der Waals surface area (Å²) in [5.41, 5.74) is 8.31. The number of para-hydroxylation sites is 1. The predicted octanol–water partition coefficient (Wildman–Crippen LogP) is 3.16. The molecule has 3 aromatic rings. The molecule has 0 unspecified atom stereocenters. The van der Waals surface area contributed by atoms with Crippen LogP contribution < -0.4 is 10.5 Å². The van der Waals surface area contributed by atoms with Crippen LogP contribution in [0.5, 0.6) is 5.75 Å². The number of nitrogens with two attached hydrogens (primary N) is 1. The number of anilines is 1. The number of nitrogen functional groups attached to an aromatic ring is 1. The molecule has 0 radical (unpaired) electrons. The van der Waals surface area contributed by atoms with Gasteiger partial charge in [-0.25, -0.2) is 0 Å². The van der Waals surface area contributed by atoms with Crippen LogP contribution in [0, 0.1) is 10.1 Å². The van der Waals surface area contributed by atoms with E-state index in [1.807, 2.05) is 30.3 Å². The summed E-state index contributed by atoms with van der Waals surface area (Å²) >= 11 is 0. The zero-order chi connectivity index (χ0) is 17.1. The first-order valence-electron chi connectivity index (χ1n) is 7.30. The van der Waals surface area contributed by atoms with E-state index in [0.29, 0.717) is 11.5 Å². The van der Waals surface area contributed by atoms with E-state index in [0.717, 1.165) is 16.9 Å². The van der Waals surface area contributed by atoms with E-state index < -0.39 is 4.92 Å². The lowest BCUT2D eigenvalue weighted by atomic mass is 10.1. The number of nitro benzene ring substituents is 1. The average molecular weight is 324 g/mol. The van der Waals surface area contributed by atoms with Gasteiger partial charge in [-0.1, -0.05) is 18.2 Å². The van der Waals surface area contributed by atoms with Crippen LogP contribution in [0.4, 0.5) is 11.5 Å². The van der Waals surface area contributed by atoms with Gasteiger partial charge >= 0.3 is 0 Å². The van der Waals surface area contributed by atoms with Gasteiger partial charge < -0.3 is 10.5 Å². The van der Waals surface area contributed by atoms with Gasteiger partial charge in [0.15, 0.2) is 0 Å². The monoisotopic (exact) mass is 324 g/mol. The first kappa shape index (κ1) is 15.5. The number of ether oxygens (including phenoxy) is 1. The van der Waals surface area contributed by atoms with E-state index >= 15 is 0 Å². The molecular weight excluding hydrogens is 308 g/mol. The van der Waals surface area contributed by atoms with E-state index in [9.17, 15) is 10.1 Å². The fourth-order valence-electron chi connectivity index (χ4n) is 2.43. The normalized spacial score (nSPS) is 10.5. The number of hydrogen-bond acceptors (Lipinski definition) is 5. The summed E-state index contributed by atoms with van der Waals surface area (Å²) in [4.78, 5) is 10.4. The summed E-state index contributed by atoms with van der Waals surface area (Å²) in [6.45, 7) is 0.251. The third kappa shape index (κ3) is 3.05. The number of non-ortho nitro benzene ring substituents is 1. The Morgan fingerprint density at radius 3 is 2.46 bits per heavy atom. The molecule has 122 valence electrons. The average Bonchev–Trinajstić information content (AvgIpc) is 2.88. The van der Waals surface area contributed by atoms with Gasteiger partial charge in [-0.2, -0.15) is 5.10 Å². The standard InChI is InChI=1S/C17H16N4O3/c1-20-17(18)16(12-7-9-13(10-8-12)21(22)23)15(19-20)11-24-14-5-3-2-4-6-14/h2-10H,11,18H2,1H3. The van der Waals surface area contributed by atoms with Crippen molar-refractivity contribution in [3.05, 3.63) is 70.4 Å². The van der Waals surface area contributed by atoms with Crippen molar-refractivity contribution in [1.29, 1.82) is 0 Å². The highest BCUT2D eigenvalue weighted by Gasteiger charge is 2.17. The fourth-order valence-corrected chi connectivity index (χ4v) is 2.43. The van der Waals surface area contributed by atoms with Crippen LogP contribution in [0.15, 0.2) is 54.6 Å². The smallest absolute Gasteiger partial charge is 0.269 e. The van der Waals surface area contributed by atoms with Crippen molar-refractivity contribution >= 4 is 11.5 Å². The molecule has 7 heteroatoms. The second-order valence-electron chi connectivity index (χ2n) is 5.24. The largest absolute Gasteiger partial charge is 0.487 e. The van der Waals surface area contributed by atoms with Gasteiger partial charge in [0.25, 0.3) is 5.69 Å². The van der Waals surface area contributed by atoms with Gasteiger partial charge in [-0.05, 0) is 29.8 Å². The maximum absolute atomic E-state index is 10.8. The van der Waals surface area contributed by atoms with Crippen LogP contribution >= 0.6 is 0 Å². The zero-order valence-electron chi connectivity index (χ0n) is 13.0. The predicted molar refractivity (Wildman–Crippen MR) is 90.5 cm³/mol. The molecule has 0 amide bonds. The molecule has 0 saturated carbocycles. The molecule has 0 aliphatic heterocycles. The fraction of sp³-hybridized carbons (Fsp3) is 0.118. The van der Waals surface area contributed by atoms with E-state index in [-0.39, 0.29) is 12.3 Å². The Balaban J connectivity index is 1.91. The van der Waals surface area contributed by atoms with Crippen molar-refractivity contribution in [3.63, 3.8) is 0 Å². The number of aryl methyl sites for hydroxylation is 1. The van der Waals surface area contributed by atoms with Crippen molar-refractivity contribution in [2.24, 2.45) is 7.05 Å². The SMILES string of the molecule is Cn1nc(COc2ccccc2)c(-c2ccc([N+](=O)[O-])cc2)c1N. The second kappa shape index (κ2) is 6.41. The Labute approximate surface area is 138 Å². The first-order valence-corrected chi connectivity index (χ1v) is 7.30. The summed E-state index contributed by atoms with van der Waals surface area (Å²) < 4.78 is 7.31. The van der Waals surface area contributed by atoms with Gasteiger partial charge in [-0.15, -0.1) is 0 Å². The van der Waals surface area contributed by atoms with Crippen molar-refractivity contribution in [2.45, 2.75) is 6.61 Å². The third-order valence-corrected chi connectivity index (χ3v) is 3.65. The van der Waals surface area contributed by atoms with Crippen LogP contribution in [-0.4, -0.2) is 14.7 Å². The van der Waals surface area contributed by atoms with Crippen molar-refractivity contribution in [3.8, 4) is 16.9 Å². The minimum Gasteiger partial charge on any atom is -0.487 e. The van der Waals surface area contributed by atoms with Gasteiger partial charge in [0.05, 0.1) is 10.5 Å². The van der Waals surface area contributed by atoms with Gasteiger partial charge in [0.1, 0.15) is 23.9 Å². The molecule has 1 aromatic heterocycles. The Bertz CT molecular complexity index is 858. The molecule has 2 aromatic carbocycles. The lowest BCUT2D eigenvalue weighted by Crippen LogP contribution is -1.99. The minimum absolute atomic E-state index is 0.0308. The summed E-state index contributed by atoms with van der Waals surface area (Å²) in [5, 5.41) is 15.2. The third-order valence-electron chi connectivity index (χ3n) is 3.65. The number of benzene rings is 2. The maximum atomic E-state index is 10.8. The Hall–Kier alpha value is -3.35. The van der Waals surface area contributed by atoms with Gasteiger partial charge in [0, 0.05) is 19.2 Å². The summed E-state index contributed by atoms with van der Waals surface area (Å²) in [6.07, 6.45) is 0. The molecule has 0 spiro atoms. The molecule has 0 bridgehead atoms. The number of rotatable bonds is 5. The van der Waals surface area contributed by atoms with Crippen LogP contribution in [0.25, 0.3) is 11.1 Å². The maximum Gasteiger partial charge on any atom is 0.269 e. The lowest BCUT2D eigenvalue weighted by Gasteiger charge is -2.07. The molecule has 0 aliphatic rings. The van der Waals surface area contributed by atoms with Crippen molar-refractivity contribution in [1.82, 2.24) is 9.78 Å². The van der Waals surface area contributed by atoms with Crippen molar-refractivity contribution in [2.75, 3.05) is 5.73 Å². The highest BCUT2D eigenvalue weighted by molar-refractivity contribution is 5.77. The summed E-state index contributed by atoms with van der Waals surface area (Å²) in [7, 11) is 1.75. The Kier molecular flexibility index (Phi) is 4.15. The highest BCUT2D eigenvalue weighted by atomic mass is 16.6. The van der Waals surface area contributed by atoms with E-state index in [1.54, 1.807) is 23.9 Å². The van der Waals surface area contributed by atoms with Crippen LogP contribution in [0.1, 0.15) is 5.69 Å². The zero-order valence-corrected chi connectivity index (χ0v) is 13.0. The molecule has 3 rings (SSSR count). The summed E-state index contributed by atoms with van der Waals surface area (Å²) in [5.74, 6) is 1.21. The van der Waals surface area contributed by atoms with Crippen LogP contribution in [0.3, 0.4) is 0 Å². The molecule has 24 heavy (non-hydrogen) atoms. The van der Waals surface area contributed by atoms with Crippen LogP contribution in [0.2, 0.25) is 0 Å². The van der Waals surface area contributed by atoms with E-state index in [2.05, 4.69) is 5.10 Å². The van der Waals surface area contributed by atoms with Crippen LogP contribution in [-0.2, 0) is 13.7 Å². The number of nitrogens with zero attached hydrogens (tertiary/aromatic N) is 3. The lowest BCUT2D eigenvalue weighted by molar-refractivity contribution is -0.384. The molecule has 7 nitrogen and oxygen atoms in total. The van der Waals surface area contributed by atoms with E-state index in [4.69, 9.17) is 10.5 Å². The quantitative estimate of drug-likeness (QED) is 0.574. The number of nitro groups is 1. The number of hydrogen-bond donors (Lipinski definition) is 1. The minimum atomic E-state index is -0.435. The molecular formula is C17H16N4O3. The summed E-state index contributed by atoms with van der Waals surface area (Å²) in [6, 6.07) is 15.6. The molecule has 0 aliphatic carbocycles. The van der Waals surface area contributed by atoms with E-state index in [1.165, 1.54) is 12.1 Å². The molecule has 2 N–H and O–H groups in total. The molecule has 0 fully saturated rings. The molecule has 0 atom stereocenters.